The average Bonchev–Trinajstić information content (AvgIpc) is 2.69. The van der Waals surface area contributed by atoms with Crippen LogP contribution < -0.4 is 0 Å². The Bertz CT molecular complexity index is 237. The van der Waals surface area contributed by atoms with Crippen molar-refractivity contribution in [2.45, 2.75) is 38.5 Å². The van der Waals surface area contributed by atoms with Crippen molar-refractivity contribution in [3.8, 4) is 0 Å². The molecule has 1 aromatic rings. The highest BCUT2D eigenvalue weighted by Gasteiger charge is 2.14. The Morgan fingerprint density at radius 2 is 1.85 bits per heavy atom. The van der Waals surface area contributed by atoms with Crippen LogP contribution in [0.4, 0.5) is 0 Å². The lowest BCUT2D eigenvalue weighted by atomic mass is 9.99. The average molecular weight is 175 g/mol. The van der Waals surface area contributed by atoms with E-state index in [2.05, 4.69) is 17.1 Å². The second-order valence-electron chi connectivity index (χ2n) is 4.04. The molecule has 0 bridgehead atoms. The summed E-state index contributed by atoms with van der Waals surface area (Å²) in [4.78, 5) is 4.03. The Hall–Kier alpha value is -0.850. The zero-order valence-corrected chi connectivity index (χ0v) is 8.08. The molecule has 1 aliphatic rings. The van der Waals surface area contributed by atoms with Gasteiger partial charge in [-0.1, -0.05) is 25.7 Å². The lowest BCUT2D eigenvalue weighted by molar-refractivity contribution is 0.504. The zero-order chi connectivity index (χ0) is 8.93. The molecule has 1 fully saturated rings. The standard InChI is InChI=1S/C12H17N/c1-2-4-11(3-1)5-6-12-7-9-13-10-8-12/h7-11H,1-6H2. The lowest BCUT2D eigenvalue weighted by Gasteiger charge is -2.07. The van der Waals surface area contributed by atoms with Crippen molar-refractivity contribution in [3.05, 3.63) is 30.1 Å². The SMILES string of the molecule is c1cc(CCC2CCCC2)ccn1. The van der Waals surface area contributed by atoms with Crippen molar-refractivity contribution in [2.75, 3.05) is 0 Å². The van der Waals surface area contributed by atoms with Gasteiger partial charge in [0.05, 0.1) is 0 Å². The summed E-state index contributed by atoms with van der Waals surface area (Å²) < 4.78 is 0. The number of aryl methyl sites for hydroxylation is 1. The van der Waals surface area contributed by atoms with Crippen molar-refractivity contribution in [3.63, 3.8) is 0 Å². The maximum absolute atomic E-state index is 4.03. The van der Waals surface area contributed by atoms with E-state index in [1.165, 1.54) is 44.1 Å². The summed E-state index contributed by atoms with van der Waals surface area (Å²) in [6, 6.07) is 4.27. The van der Waals surface area contributed by atoms with Gasteiger partial charge in [0.2, 0.25) is 0 Å². The molecular weight excluding hydrogens is 158 g/mol. The predicted molar refractivity (Wildman–Crippen MR) is 54.5 cm³/mol. The van der Waals surface area contributed by atoms with Crippen LogP contribution in [-0.2, 0) is 6.42 Å². The first-order chi connectivity index (χ1) is 6.45. The van der Waals surface area contributed by atoms with Gasteiger partial charge in [-0.25, -0.2) is 0 Å². The van der Waals surface area contributed by atoms with E-state index in [1.807, 2.05) is 12.4 Å². The molecule has 0 atom stereocenters. The van der Waals surface area contributed by atoms with Crippen molar-refractivity contribution in [2.24, 2.45) is 5.92 Å². The smallest absolute Gasteiger partial charge is 0.0270 e. The first-order valence-corrected chi connectivity index (χ1v) is 5.34. The minimum absolute atomic E-state index is 1.01. The third-order valence-electron chi connectivity index (χ3n) is 3.07. The quantitative estimate of drug-likeness (QED) is 0.687. The van der Waals surface area contributed by atoms with Crippen LogP contribution in [0.15, 0.2) is 24.5 Å². The fraction of sp³-hybridized carbons (Fsp3) is 0.583. The molecular formula is C12H17N. The van der Waals surface area contributed by atoms with Gasteiger partial charge in [0.15, 0.2) is 0 Å². The molecule has 0 unspecified atom stereocenters. The Labute approximate surface area is 80.2 Å². The first kappa shape index (κ1) is 8.74. The van der Waals surface area contributed by atoms with E-state index < -0.39 is 0 Å². The molecule has 1 heteroatoms. The van der Waals surface area contributed by atoms with Gasteiger partial charge in [0, 0.05) is 12.4 Å². The molecule has 0 aromatic carbocycles. The number of hydrogen-bond donors (Lipinski definition) is 0. The number of nitrogens with zero attached hydrogens (tertiary/aromatic N) is 1. The molecule has 0 amide bonds. The van der Waals surface area contributed by atoms with Gasteiger partial charge in [0.1, 0.15) is 0 Å². The Morgan fingerprint density at radius 3 is 2.54 bits per heavy atom. The maximum atomic E-state index is 4.03. The molecule has 0 spiro atoms. The summed E-state index contributed by atoms with van der Waals surface area (Å²) in [7, 11) is 0. The van der Waals surface area contributed by atoms with E-state index in [-0.39, 0.29) is 0 Å². The number of hydrogen-bond acceptors (Lipinski definition) is 1. The van der Waals surface area contributed by atoms with Crippen molar-refractivity contribution in [1.82, 2.24) is 4.98 Å². The van der Waals surface area contributed by atoms with E-state index in [0.717, 1.165) is 5.92 Å². The molecule has 0 saturated heterocycles. The second kappa shape index (κ2) is 4.40. The van der Waals surface area contributed by atoms with Crippen LogP contribution >= 0.6 is 0 Å². The Kier molecular flexibility index (Phi) is 2.96. The van der Waals surface area contributed by atoms with Gasteiger partial charge in [-0.15, -0.1) is 0 Å². The summed E-state index contributed by atoms with van der Waals surface area (Å²) >= 11 is 0. The third-order valence-corrected chi connectivity index (χ3v) is 3.07. The van der Waals surface area contributed by atoms with Gasteiger partial charge in [0.25, 0.3) is 0 Å². The number of pyridine rings is 1. The van der Waals surface area contributed by atoms with Crippen molar-refractivity contribution in [1.29, 1.82) is 0 Å². The highest BCUT2D eigenvalue weighted by Crippen LogP contribution is 2.28. The zero-order valence-electron chi connectivity index (χ0n) is 8.08. The summed E-state index contributed by atoms with van der Waals surface area (Å²) in [5, 5.41) is 0. The van der Waals surface area contributed by atoms with Gasteiger partial charge in [-0.3, -0.25) is 4.98 Å². The highest BCUT2D eigenvalue weighted by molar-refractivity contribution is 5.09. The minimum atomic E-state index is 1.01. The second-order valence-corrected chi connectivity index (χ2v) is 4.04. The van der Waals surface area contributed by atoms with Gasteiger partial charge in [-0.05, 0) is 36.5 Å². The molecule has 13 heavy (non-hydrogen) atoms. The molecule has 2 rings (SSSR count). The lowest BCUT2D eigenvalue weighted by Crippen LogP contribution is -1.96. The molecule has 1 heterocycles. The molecule has 70 valence electrons. The van der Waals surface area contributed by atoms with Gasteiger partial charge >= 0.3 is 0 Å². The first-order valence-electron chi connectivity index (χ1n) is 5.34. The van der Waals surface area contributed by atoms with E-state index in [9.17, 15) is 0 Å². The summed E-state index contributed by atoms with van der Waals surface area (Å²) in [6.45, 7) is 0. The maximum Gasteiger partial charge on any atom is 0.0270 e. The van der Waals surface area contributed by atoms with Crippen molar-refractivity contribution < 1.29 is 0 Å². The van der Waals surface area contributed by atoms with Crippen LogP contribution in [0.25, 0.3) is 0 Å². The molecule has 1 saturated carbocycles. The molecule has 0 N–H and O–H groups in total. The van der Waals surface area contributed by atoms with E-state index in [4.69, 9.17) is 0 Å². The third kappa shape index (κ3) is 2.55. The molecule has 1 nitrogen and oxygen atoms in total. The molecule has 1 aromatic heterocycles. The highest BCUT2D eigenvalue weighted by atomic mass is 14.6. The monoisotopic (exact) mass is 175 g/mol. The van der Waals surface area contributed by atoms with E-state index in [1.54, 1.807) is 0 Å². The molecule has 1 aliphatic carbocycles. The predicted octanol–water partition coefficient (Wildman–Crippen LogP) is 3.20. The number of rotatable bonds is 3. The van der Waals surface area contributed by atoms with E-state index in [0.29, 0.717) is 0 Å². The van der Waals surface area contributed by atoms with Crippen LogP contribution in [0.5, 0.6) is 0 Å². The van der Waals surface area contributed by atoms with Crippen molar-refractivity contribution >= 4 is 0 Å². The summed E-state index contributed by atoms with van der Waals surface area (Å²) in [5.41, 5.74) is 1.45. The largest absolute Gasteiger partial charge is 0.265 e. The Balaban J connectivity index is 1.79. The van der Waals surface area contributed by atoms with Crippen LogP contribution in [0.3, 0.4) is 0 Å². The fourth-order valence-corrected chi connectivity index (χ4v) is 2.22. The van der Waals surface area contributed by atoms with Gasteiger partial charge < -0.3 is 0 Å². The number of aromatic nitrogens is 1. The van der Waals surface area contributed by atoms with Gasteiger partial charge in [-0.2, -0.15) is 0 Å². The fourth-order valence-electron chi connectivity index (χ4n) is 2.22. The van der Waals surface area contributed by atoms with E-state index >= 15 is 0 Å². The minimum Gasteiger partial charge on any atom is -0.265 e. The molecule has 0 aliphatic heterocycles. The van der Waals surface area contributed by atoms with Crippen LogP contribution in [0.2, 0.25) is 0 Å². The summed E-state index contributed by atoms with van der Waals surface area (Å²) in [6.07, 6.45) is 12.3. The Morgan fingerprint density at radius 1 is 1.15 bits per heavy atom. The summed E-state index contributed by atoms with van der Waals surface area (Å²) in [5.74, 6) is 1.01. The topological polar surface area (TPSA) is 12.9 Å². The normalized spacial score (nSPS) is 17.8. The van der Waals surface area contributed by atoms with Crippen LogP contribution in [0.1, 0.15) is 37.7 Å². The molecule has 0 radical (unpaired) electrons. The van der Waals surface area contributed by atoms with Crippen LogP contribution in [-0.4, -0.2) is 4.98 Å². The van der Waals surface area contributed by atoms with Crippen LogP contribution in [0, 0.1) is 5.92 Å².